The molecule has 4 aromatic rings. The summed E-state index contributed by atoms with van der Waals surface area (Å²) in [4.78, 5) is 19.8. The van der Waals surface area contributed by atoms with Gasteiger partial charge in [-0.1, -0.05) is 36.4 Å². The van der Waals surface area contributed by atoms with E-state index in [1.807, 2.05) is 36.1 Å². The van der Waals surface area contributed by atoms with Crippen molar-refractivity contribution in [2.45, 2.75) is 13.5 Å². The molecule has 1 aromatic heterocycles. The molecule has 3 aromatic carbocycles. The van der Waals surface area contributed by atoms with Gasteiger partial charge in [0, 0.05) is 67.0 Å². The standard InChI is InChI=1S/C33H37N3O4S/c1-2-39-31-9-5-4-8-29(31)35-13-15-36(16-14-35)33(37)23-40-30-12-11-25(21-26(30)22-34-17-19-38-20-18-34)28-24-41-32-10-6-3-7-27(28)32/h3-12,21,24H,2,13-20,22-23H2,1H3. The van der Waals surface area contributed by atoms with Crippen LogP contribution >= 0.6 is 11.3 Å². The molecule has 2 fully saturated rings. The van der Waals surface area contributed by atoms with Crippen LogP contribution < -0.4 is 14.4 Å². The van der Waals surface area contributed by atoms with Gasteiger partial charge < -0.3 is 24.0 Å². The first-order chi connectivity index (χ1) is 20.2. The normalized spacial score (nSPS) is 16.2. The average molecular weight is 572 g/mol. The molecular formula is C33H37N3O4S. The Balaban J connectivity index is 1.13. The van der Waals surface area contributed by atoms with Crippen molar-refractivity contribution in [3.8, 4) is 22.6 Å². The lowest BCUT2D eigenvalue weighted by molar-refractivity contribution is -0.133. The summed E-state index contributed by atoms with van der Waals surface area (Å²) in [5, 5.41) is 3.50. The van der Waals surface area contributed by atoms with E-state index in [9.17, 15) is 4.79 Å². The molecule has 0 unspecified atom stereocenters. The number of para-hydroxylation sites is 2. The third kappa shape index (κ3) is 6.35. The van der Waals surface area contributed by atoms with E-state index < -0.39 is 0 Å². The Bertz CT molecular complexity index is 1470. The van der Waals surface area contributed by atoms with Crippen LogP contribution in [0.15, 0.2) is 72.1 Å². The summed E-state index contributed by atoms with van der Waals surface area (Å²) in [6.07, 6.45) is 0. The van der Waals surface area contributed by atoms with Crippen molar-refractivity contribution in [1.82, 2.24) is 9.80 Å². The topological polar surface area (TPSA) is 54.5 Å². The fourth-order valence-electron chi connectivity index (χ4n) is 5.64. The fourth-order valence-corrected chi connectivity index (χ4v) is 6.61. The smallest absolute Gasteiger partial charge is 0.260 e. The summed E-state index contributed by atoms with van der Waals surface area (Å²) in [7, 11) is 0. The van der Waals surface area contributed by atoms with Crippen molar-refractivity contribution in [2.24, 2.45) is 0 Å². The maximum absolute atomic E-state index is 13.2. The highest BCUT2D eigenvalue weighted by atomic mass is 32.1. The van der Waals surface area contributed by atoms with Gasteiger partial charge in [-0.2, -0.15) is 0 Å². The number of fused-ring (bicyclic) bond motifs is 1. The second-order valence-corrected chi connectivity index (χ2v) is 11.3. The molecule has 0 spiro atoms. The molecule has 3 heterocycles. The quantitative estimate of drug-likeness (QED) is 0.264. The van der Waals surface area contributed by atoms with Crippen LogP contribution in [0.4, 0.5) is 5.69 Å². The number of thiophene rings is 1. The highest BCUT2D eigenvalue weighted by molar-refractivity contribution is 7.17. The molecule has 0 aliphatic carbocycles. The first-order valence-corrected chi connectivity index (χ1v) is 15.3. The number of anilines is 1. The summed E-state index contributed by atoms with van der Waals surface area (Å²) < 4.78 is 18.9. The molecule has 1 amide bonds. The van der Waals surface area contributed by atoms with E-state index in [1.165, 1.54) is 21.2 Å². The molecule has 7 nitrogen and oxygen atoms in total. The van der Waals surface area contributed by atoms with Gasteiger partial charge in [0.15, 0.2) is 6.61 Å². The Morgan fingerprint density at radius 2 is 1.66 bits per heavy atom. The predicted octanol–water partition coefficient (Wildman–Crippen LogP) is 5.53. The maximum Gasteiger partial charge on any atom is 0.260 e. The molecule has 8 heteroatoms. The van der Waals surface area contributed by atoms with Crippen LogP contribution in [0.1, 0.15) is 12.5 Å². The number of amides is 1. The number of carbonyl (C=O) groups is 1. The van der Waals surface area contributed by atoms with E-state index in [-0.39, 0.29) is 12.5 Å². The van der Waals surface area contributed by atoms with Crippen LogP contribution in [0.5, 0.6) is 11.5 Å². The van der Waals surface area contributed by atoms with E-state index in [4.69, 9.17) is 14.2 Å². The van der Waals surface area contributed by atoms with Gasteiger partial charge in [0.05, 0.1) is 25.5 Å². The molecule has 0 bridgehead atoms. The minimum absolute atomic E-state index is 0.0213. The number of nitrogens with zero attached hydrogens (tertiary/aromatic N) is 3. The van der Waals surface area contributed by atoms with E-state index >= 15 is 0 Å². The third-order valence-electron chi connectivity index (χ3n) is 7.84. The van der Waals surface area contributed by atoms with Crippen molar-refractivity contribution in [3.63, 3.8) is 0 Å². The first kappa shape index (κ1) is 27.6. The van der Waals surface area contributed by atoms with Crippen LogP contribution in [-0.2, 0) is 16.1 Å². The van der Waals surface area contributed by atoms with Crippen LogP contribution in [0.25, 0.3) is 21.2 Å². The summed E-state index contributed by atoms with van der Waals surface area (Å²) in [6, 6.07) is 23.0. The summed E-state index contributed by atoms with van der Waals surface area (Å²) >= 11 is 1.77. The lowest BCUT2D eigenvalue weighted by atomic mass is 10.0. The number of benzene rings is 3. The Hall–Kier alpha value is -3.59. The lowest BCUT2D eigenvalue weighted by Gasteiger charge is -2.36. The van der Waals surface area contributed by atoms with Crippen LogP contribution in [0, 0.1) is 0 Å². The maximum atomic E-state index is 13.2. The monoisotopic (exact) mass is 571 g/mol. The third-order valence-corrected chi connectivity index (χ3v) is 8.80. The molecule has 0 atom stereocenters. The molecule has 2 aliphatic rings. The lowest BCUT2D eigenvalue weighted by Crippen LogP contribution is -2.50. The SMILES string of the molecule is CCOc1ccccc1N1CCN(C(=O)COc2ccc(-c3csc4ccccc34)cc2CN2CCOCC2)CC1. The van der Waals surface area contributed by atoms with Crippen molar-refractivity contribution >= 4 is 33.0 Å². The van der Waals surface area contributed by atoms with Crippen LogP contribution in [0.3, 0.4) is 0 Å². The molecule has 6 rings (SSSR count). The summed E-state index contributed by atoms with van der Waals surface area (Å²) in [6.45, 7) is 9.54. The van der Waals surface area contributed by atoms with Crippen molar-refractivity contribution in [3.05, 3.63) is 77.7 Å². The minimum Gasteiger partial charge on any atom is -0.492 e. The van der Waals surface area contributed by atoms with Gasteiger partial charge in [0.25, 0.3) is 5.91 Å². The zero-order chi connectivity index (χ0) is 28.0. The number of rotatable bonds is 9. The zero-order valence-electron chi connectivity index (χ0n) is 23.6. The molecule has 2 saturated heterocycles. The van der Waals surface area contributed by atoms with Gasteiger partial charge in [-0.3, -0.25) is 9.69 Å². The number of carbonyl (C=O) groups excluding carboxylic acids is 1. The second kappa shape index (κ2) is 12.9. The predicted molar refractivity (Wildman–Crippen MR) is 165 cm³/mol. The molecule has 214 valence electrons. The van der Waals surface area contributed by atoms with E-state index in [0.717, 1.165) is 68.7 Å². The Labute approximate surface area is 245 Å². The summed E-state index contributed by atoms with van der Waals surface area (Å²) in [5.41, 5.74) is 4.60. The summed E-state index contributed by atoms with van der Waals surface area (Å²) in [5.74, 6) is 1.69. The van der Waals surface area contributed by atoms with E-state index in [2.05, 4.69) is 57.6 Å². The van der Waals surface area contributed by atoms with Gasteiger partial charge in [-0.05, 0) is 48.2 Å². The zero-order valence-corrected chi connectivity index (χ0v) is 24.4. The number of piperazine rings is 1. The highest BCUT2D eigenvalue weighted by Crippen LogP contribution is 2.36. The van der Waals surface area contributed by atoms with Gasteiger partial charge in [-0.25, -0.2) is 0 Å². The molecule has 2 aliphatic heterocycles. The van der Waals surface area contributed by atoms with Crippen molar-refractivity contribution in [2.75, 3.05) is 70.6 Å². The van der Waals surface area contributed by atoms with E-state index in [1.54, 1.807) is 11.3 Å². The van der Waals surface area contributed by atoms with Crippen LogP contribution in [0.2, 0.25) is 0 Å². The van der Waals surface area contributed by atoms with Crippen LogP contribution in [-0.4, -0.2) is 81.4 Å². The molecular weight excluding hydrogens is 534 g/mol. The van der Waals surface area contributed by atoms with Gasteiger partial charge in [0.1, 0.15) is 11.5 Å². The molecule has 0 radical (unpaired) electrons. The van der Waals surface area contributed by atoms with Crippen molar-refractivity contribution in [1.29, 1.82) is 0 Å². The second-order valence-electron chi connectivity index (χ2n) is 10.4. The number of hydrogen-bond donors (Lipinski definition) is 0. The average Bonchev–Trinajstić information content (AvgIpc) is 3.46. The number of hydrogen-bond acceptors (Lipinski definition) is 7. The van der Waals surface area contributed by atoms with Gasteiger partial charge in [-0.15, -0.1) is 11.3 Å². The Morgan fingerprint density at radius 1 is 0.878 bits per heavy atom. The van der Waals surface area contributed by atoms with Crippen molar-refractivity contribution < 1.29 is 19.0 Å². The van der Waals surface area contributed by atoms with Gasteiger partial charge >= 0.3 is 0 Å². The number of ether oxygens (including phenoxy) is 3. The van der Waals surface area contributed by atoms with E-state index in [0.29, 0.717) is 19.7 Å². The van der Waals surface area contributed by atoms with Gasteiger partial charge in [0.2, 0.25) is 0 Å². The Morgan fingerprint density at radius 3 is 2.49 bits per heavy atom. The Kier molecular flexibility index (Phi) is 8.70. The molecule has 0 N–H and O–H groups in total. The molecule has 0 saturated carbocycles. The number of morpholine rings is 1. The molecule has 41 heavy (non-hydrogen) atoms. The fraction of sp³-hybridized carbons (Fsp3) is 0.364. The first-order valence-electron chi connectivity index (χ1n) is 14.5. The minimum atomic E-state index is 0.0213. The highest BCUT2D eigenvalue weighted by Gasteiger charge is 2.24. The largest absolute Gasteiger partial charge is 0.492 e.